The lowest BCUT2D eigenvalue weighted by atomic mass is 9.94. The molecule has 10 heteroatoms. The number of aromatic nitrogens is 3. The fourth-order valence-electron chi connectivity index (χ4n) is 5.20. The van der Waals surface area contributed by atoms with Gasteiger partial charge in [0.05, 0.1) is 0 Å². The SMILES string of the molecule is CC(=O)NC(/N=c1\nc(-c2ccccc2)n(C2CCCCC2)c(=O)n1C1CCCCC1)C(Cl)(Cl)Cl. The van der Waals surface area contributed by atoms with E-state index in [-0.39, 0.29) is 23.4 Å². The number of nitrogens with zero attached hydrogens (tertiary/aromatic N) is 4. The summed E-state index contributed by atoms with van der Waals surface area (Å²) < 4.78 is 1.64. The monoisotopic (exact) mass is 539 g/mol. The van der Waals surface area contributed by atoms with Crippen LogP contribution in [-0.4, -0.2) is 30.0 Å². The molecule has 190 valence electrons. The molecular formula is C25H32Cl3N5O2. The van der Waals surface area contributed by atoms with Crippen molar-refractivity contribution in [1.29, 1.82) is 0 Å². The number of hydrogen-bond acceptors (Lipinski definition) is 4. The van der Waals surface area contributed by atoms with E-state index < -0.39 is 15.9 Å². The Balaban J connectivity index is 2.00. The van der Waals surface area contributed by atoms with Crippen molar-refractivity contribution >= 4 is 40.7 Å². The Morgan fingerprint density at radius 2 is 1.51 bits per heavy atom. The molecule has 4 rings (SSSR count). The van der Waals surface area contributed by atoms with Gasteiger partial charge < -0.3 is 5.32 Å². The highest BCUT2D eigenvalue weighted by Crippen LogP contribution is 2.33. The van der Waals surface area contributed by atoms with Crippen molar-refractivity contribution in [3.63, 3.8) is 0 Å². The number of nitrogens with one attached hydrogen (secondary N) is 1. The Kier molecular flexibility index (Phi) is 8.61. The van der Waals surface area contributed by atoms with Crippen molar-refractivity contribution in [2.24, 2.45) is 4.99 Å². The topological polar surface area (TPSA) is 81.3 Å². The van der Waals surface area contributed by atoms with Gasteiger partial charge in [0, 0.05) is 24.6 Å². The lowest BCUT2D eigenvalue weighted by Crippen LogP contribution is -2.49. The van der Waals surface area contributed by atoms with Crippen molar-refractivity contribution in [2.45, 2.75) is 93.2 Å². The van der Waals surface area contributed by atoms with Crippen LogP contribution in [-0.2, 0) is 4.79 Å². The zero-order valence-electron chi connectivity index (χ0n) is 19.9. The molecule has 1 aromatic carbocycles. The quantitative estimate of drug-likeness (QED) is 0.512. The maximum absolute atomic E-state index is 14.3. The van der Waals surface area contributed by atoms with Crippen LogP contribution >= 0.6 is 34.8 Å². The van der Waals surface area contributed by atoms with E-state index in [4.69, 9.17) is 39.8 Å². The van der Waals surface area contributed by atoms with Crippen LogP contribution in [0.3, 0.4) is 0 Å². The van der Waals surface area contributed by atoms with Gasteiger partial charge in [0.1, 0.15) is 5.82 Å². The lowest BCUT2D eigenvalue weighted by Gasteiger charge is -2.30. The molecule has 1 heterocycles. The molecule has 1 N–H and O–H groups in total. The van der Waals surface area contributed by atoms with Gasteiger partial charge in [0.15, 0.2) is 6.17 Å². The predicted molar refractivity (Wildman–Crippen MR) is 140 cm³/mol. The standard InChI is InChI=1S/C25H32Cl3N5O2/c1-17(34)29-22(25(26,27)28)31-23-30-21(18-11-5-2-6-12-18)32(19-13-7-3-8-14-19)24(35)33(23)20-15-9-4-10-16-20/h2,5-6,11-12,19-20,22H,3-4,7-10,13-16H2,1H3,(H,29,34)/b31-23+. The summed E-state index contributed by atoms with van der Waals surface area (Å²) in [5.41, 5.74) is 0.868. The molecule has 1 aromatic heterocycles. The lowest BCUT2D eigenvalue weighted by molar-refractivity contribution is -0.119. The number of carbonyl (C=O) groups excluding carboxylic acids is 1. The van der Waals surface area contributed by atoms with Gasteiger partial charge >= 0.3 is 5.69 Å². The Morgan fingerprint density at radius 1 is 0.971 bits per heavy atom. The maximum atomic E-state index is 14.3. The normalized spacial score (nSPS) is 19.5. The van der Waals surface area contributed by atoms with E-state index in [0.29, 0.717) is 5.82 Å². The first-order valence-electron chi connectivity index (χ1n) is 12.4. The van der Waals surface area contributed by atoms with Crippen molar-refractivity contribution < 1.29 is 4.79 Å². The molecule has 0 spiro atoms. The van der Waals surface area contributed by atoms with E-state index in [0.717, 1.165) is 63.4 Å². The zero-order valence-corrected chi connectivity index (χ0v) is 22.2. The summed E-state index contributed by atoms with van der Waals surface area (Å²) in [5, 5.41) is 2.59. The van der Waals surface area contributed by atoms with E-state index in [2.05, 4.69) is 10.3 Å². The number of carbonyl (C=O) groups is 1. The number of benzene rings is 1. The molecule has 0 radical (unpaired) electrons. The van der Waals surface area contributed by atoms with Crippen LogP contribution in [0.1, 0.15) is 83.2 Å². The van der Waals surface area contributed by atoms with Gasteiger partial charge in [-0.05, 0) is 25.7 Å². The Bertz CT molecular complexity index is 1140. The van der Waals surface area contributed by atoms with E-state index in [1.807, 2.05) is 34.9 Å². The minimum absolute atomic E-state index is 0.0458. The van der Waals surface area contributed by atoms with Gasteiger partial charge in [-0.3, -0.25) is 13.9 Å². The van der Waals surface area contributed by atoms with Gasteiger partial charge in [-0.2, -0.15) is 4.98 Å². The summed E-state index contributed by atoms with van der Waals surface area (Å²) in [6, 6.07) is 9.68. The minimum atomic E-state index is -1.91. The Labute approximate surface area is 220 Å². The largest absolute Gasteiger partial charge is 0.333 e. The summed E-state index contributed by atoms with van der Waals surface area (Å²) in [7, 11) is 0. The number of alkyl halides is 3. The number of rotatable bonds is 5. The molecular weight excluding hydrogens is 509 g/mol. The van der Waals surface area contributed by atoms with Gasteiger partial charge in [-0.15, -0.1) is 0 Å². The highest BCUT2D eigenvalue weighted by Gasteiger charge is 2.34. The number of halogens is 3. The minimum Gasteiger partial charge on any atom is -0.331 e. The summed E-state index contributed by atoms with van der Waals surface area (Å²) in [5.74, 6) is 0.160. The van der Waals surface area contributed by atoms with E-state index >= 15 is 0 Å². The molecule has 7 nitrogen and oxygen atoms in total. The second-order valence-electron chi connectivity index (χ2n) is 9.48. The third kappa shape index (κ3) is 6.30. The average Bonchev–Trinajstić information content (AvgIpc) is 2.84. The summed E-state index contributed by atoms with van der Waals surface area (Å²) in [4.78, 5) is 35.7. The summed E-state index contributed by atoms with van der Waals surface area (Å²) >= 11 is 18.5. The molecule has 2 fully saturated rings. The third-order valence-corrected chi connectivity index (χ3v) is 7.49. The van der Waals surface area contributed by atoms with Crippen molar-refractivity contribution in [3.8, 4) is 11.4 Å². The molecule has 1 amide bonds. The summed E-state index contributed by atoms with van der Waals surface area (Å²) in [6.45, 7) is 1.33. The first-order valence-corrected chi connectivity index (χ1v) is 13.6. The van der Waals surface area contributed by atoms with Crippen LogP contribution < -0.4 is 16.6 Å². The predicted octanol–water partition coefficient (Wildman–Crippen LogP) is 5.46. The first-order chi connectivity index (χ1) is 16.8. The first kappa shape index (κ1) is 26.2. The van der Waals surface area contributed by atoms with Gasteiger partial charge in [-0.25, -0.2) is 9.79 Å². The van der Waals surface area contributed by atoms with Crippen LogP contribution in [0.2, 0.25) is 0 Å². The Morgan fingerprint density at radius 3 is 2.03 bits per heavy atom. The summed E-state index contributed by atoms with van der Waals surface area (Å²) in [6.07, 6.45) is 8.93. The molecule has 2 aromatic rings. The van der Waals surface area contributed by atoms with E-state index in [1.54, 1.807) is 4.57 Å². The third-order valence-electron chi connectivity index (χ3n) is 6.87. The van der Waals surface area contributed by atoms with Crippen LogP contribution in [0, 0.1) is 0 Å². The molecule has 0 bridgehead atoms. The molecule has 2 aliphatic carbocycles. The Hall–Kier alpha value is -1.83. The molecule has 2 saturated carbocycles. The molecule has 0 aliphatic heterocycles. The average molecular weight is 541 g/mol. The van der Waals surface area contributed by atoms with Gasteiger partial charge in [0.25, 0.3) is 0 Å². The van der Waals surface area contributed by atoms with Crippen molar-refractivity contribution in [1.82, 2.24) is 19.4 Å². The fourth-order valence-corrected chi connectivity index (χ4v) is 5.51. The van der Waals surface area contributed by atoms with Crippen molar-refractivity contribution in [2.75, 3.05) is 0 Å². The highest BCUT2D eigenvalue weighted by molar-refractivity contribution is 6.68. The van der Waals surface area contributed by atoms with Crippen LogP contribution in [0.5, 0.6) is 0 Å². The second-order valence-corrected chi connectivity index (χ2v) is 11.9. The van der Waals surface area contributed by atoms with Crippen LogP contribution in [0.15, 0.2) is 40.1 Å². The van der Waals surface area contributed by atoms with Crippen molar-refractivity contribution in [3.05, 3.63) is 46.4 Å². The number of hydrogen-bond donors (Lipinski definition) is 1. The maximum Gasteiger partial charge on any atom is 0.333 e. The molecule has 35 heavy (non-hydrogen) atoms. The molecule has 1 unspecified atom stereocenters. The second kappa shape index (κ2) is 11.5. The number of amides is 1. The van der Waals surface area contributed by atoms with E-state index in [1.165, 1.54) is 13.3 Å². The van der Waals surface area contributed by atoms with Crippen LogP contribution in [0.4, 0.5) is 0 Å². The highest BCUT2D eigenvalue weighted by atomic mass is 35.6. The zero-order chi connectivity index (χ0) is 25.0. The van der Waals surface area contributed by atoms with E-state index in [9.17, 15) is 9.59 Å². The molecule has 1 atom stereocenters. The van der Waals surface area contributed by atoms with Crippen LogP contribution in [0.25, 0.3) is 11.4 Å². The van der Waals surface area contributed by atoms with Gasteiger partial charge in [-0.1, -0.05) is 104 Å². The van der Waals surface area contributed by atoms with Gasteiger partial charge in [0.2, 0.25) is 15.3 Å². The fraction of sp³-hybridized carbons (Fsp3) is 0.600. The molecule has 0 saturated heterocycles. The molecule has 2 aliphatic rings. The smallest absolute Gasteiger partial charge is 0.331 e.